The number of rotatable bonds is 5. The molecular weight excluding hydrogens is 417 g/mol. The minimum Gasteiger partial charge on any atom is -0.462 e. The van der Waals surface area contributed by atoms with Gasteiger partial charge in [-0.2, -0.15) is 18.3 Å². The van der Waals surface area contributed by atoms with E-state index in [9.17, 15) is 22.8 Å². The third-order valence-corrected chi connectivity index (χ3v) is 4.44. The van der Waals surface area contributed by atoms with Crippen LogP contribution in [-0.2, 0) is 17.5 Å². The van der Waals surface area contributed by atoms with Gasteiger partial charge in [0.15, 0.2) is 5.65 Å². The average Bonchev–Trinajstić information content (AvgIpc) is 3.34. The zero-order valence-corrected chi connectivity index (χ0v) is 16.1. The molecule has 0 aliphatic rings. The molecule has 0 bridgehead atoms. The van der Waals surface area contributed by atoms with Gasteiger partial charge in [-0.3, -0.25) is 4.79 Å². The van der Waals surface area contributed by atoms with Crippen LogP contribution < -0.4 is 5.32 Å². The fourth-order valence-electron chi connectivity index (χ4n) is 3.07. The van der Waals surface area contributed by atoms with Crippen molar-refractivity contribution in [1.82, 2.24) is 19.9 Å². The Morgan fingerprint density at radius 1 is 1.23 bits per heavy atom. The second kappa shape index (κ2) is 7.74. The summed E-state index contributed by atoms with van der Waals surface area (Å²) >= 11 is 0. The third kappa shape index (κ3) is 3.93. The smallest absolute Gasteiger partial charge is 0.416 e. The minimum absolute atomic E-state index is 0.00607. The number of nitrogens with one attached hydrogen (secondary N) is 1. The average molecular weight is 432 g/mol. The van der Waals surface area contributed by atoms with Gasteiger partial charge >= 0.3 is 12.1 Å². The van der Waals surface area contributed by atoms with Crippen LogP contribution in [0, 0.1) is 0 Å². The molecule has 1 amide bonds. The van der Waals surface area contributed by atoms with E-state index in [1.165, 1.54) is 23.0 Å². The Balaban J connectivity index is 1.63. The number of hydrogen-bond acceptors (Lipinski definition) is 6. The van der Waals surface area contributed by atoms with Crippen molar-refractivity contribution in [2.24, 2.45) is 0 Å². The molecule has 0 spiro atoms. The number of esters is 1. The summed E-state index contributed by atoms with van der Waals surface area (Å²) in [5.74, 6) is -1.26. The van der Waals surface area contributed by atoms with E-state index in [0.717, 1.165) is 6.07 Å². The maximum absolute atomic E-state index is 13.2. The Morgan fingerprint density at radius 3 is 2.77 bits per heavy atom. The van der Waals surface area contributed by atoms with E-state index in [0.29, 0.717) is 11.7 Å². The summed E-state index contributed by atoms with van der Waals surface area (Å²) in [4.78, 5) is 28.7. The zero-order valence-electron chi connectivity index (χ0n) is 16.1. The van der Waals surface area contributed by atoms with Crippen LogP contribution in [0.5, 0.6) is 0 Å². The first-order valence-corrected chi connectivity index (χ1v) is 9.15. The molecule has 31 heavy (non-hydrogen) atoms. The Labute approximate surface area is 172 Å². The predicted molar refractivity (Wildman–Crippen MR) is 101 cm³/mol. The highest BCUT2D eigenvalue weighted by molar-refractivity contribution is 6.03. The monoisotopic (exact) mass is 432 g/mol. The van der Waals surface area contributed by atoms with Gasteiger partial charge in [-0.25, -0.2) is 14.3 Å². The van der Waals surface area contributed by atoms with Crippen LogP contribution in [0.25, 0.3) is 16.6 Å². The van der Waals surface area contributed by atoms with Crippen molar-refractivity contribution in [1.29, 1.82) is 0 Å². The van der Waals surface area contributed by atoms with E-state index in [1.54, 1.807) is 19.2 Å². The Hall–Kier alpha value is -3.89. The quantitative estimate of drug-likeness (QED) is 0.484. The van der Waals surface area contributed by atoms with Crippen molar-refractivity contribution in [3.8, 4) is 0 Å². The summed E-state index contributed by atoms with van der Waals surface area (Å²) in [6.07, 6.45) is -0.155. The van der Waals surface area contributed by atoms with Gasteiger partial charge in [0.05, 0.1) is 24.9 Å². The normalized spacial score (nSPS) is 11.7. The van der Waals surface area contributed by atoms with Gasteiger partial charge in [0.25, 0.3) is 5.91 Å². The number of alkyl halides is 3. The fraction of sp³-hybridized carbons (Fsp3) is 0.200. The molecular formula is C20H15F3N4O4. The molecule has 8 nitrogen and oxygen atoms in total. The SMILES string of the molecule is CCOC(=O)c1cc(C(F)(F)F)cc2cc(CNC(=O)c3cnn4cccnc34)oc12. The Kier molecular flexibility index (Phi) is 5.09. The number of ether oxygens (including phenoxy) is 1. The molecule has 4 aromatic rings. The van der Waals surface area contributed by atoms with Gasteiger partial charge < -0.3 is 14.5 Å². The standard InChI is InChI=1S/C20H15F3N4O4/c1-2-30-19(29)14-8-12(20(21,22)23)6-11-7-13(31-16(11)14)9-25-18(28)15-10-26-27-5-3-4-24-17(15)27/h3-8,10H,2,9H2,1H3,(H,25,28). The number of benzene rings is 1. The fourth-order valence-corrected chi connectivity index (χ4v) is 3.07. The summed E-state index contributed by atoms with van der Waals surface area (Å²) in [6, 6.07) is 4.56. The third-order valence-electron chi connectivity index (χ3n) is 4.44. The summed E-state index contributed by atoms with van der Waals surface area (Å²) in [7, 11) is 0. The van der Waals surface area contributed by atoms with Crippen LogP contribution in [0.2, 0.25) is 0 Å². The number of hydrogen-bond donors (Lipinski definition) is 1. The molecule has 160 valence electrons. The molecule has 3 heterocycles. The Bertz CT molecular complexity index is 1290. The van der Waals surface area contributed by atoms with Crippen LogP contribution in [0.3, 0.4) is 0 Å². The van der Waals surface area contributed by atoms with Crippen LogP contribution >= 0.6 is 0 Å². The molecule has 0 aliphatic carbocycles. The summed E-state index contributed by atoms with van der Waals surface area (Å²) < 4.78 is 51.6. The number of nitrogens with zero attached hydrogens (tertiary/aromatic N) is 3. The van der Waals surface area contributed by atoms with Gasteiger partial charge in [-0.05, 0) is 31.2 Å². The highest BCUT2D eigenvalue weighted by atomic mass is 19.4. The largest absolute Gasteiger partial charge is 0.462 e. The number of halogens is 3. The lowest BCUT2D eigenvalue weighted by molar-refractivity contribution is -0.137. The molecule has 1 N–H and O–H groups in total. The van der Waals surface area contributed by atoms with Gasteiger partial charge in [0, 0.05) is 17.8 Å². The van der Waals surface area contributed by atoms with E-state index >= 15 is 0 Å². The highest BCUT2D eigenvalue weighted by Crippen LogP contribution is 2.35. The summed E-state index contributed by atoms with van der Waals surface area (Å²) in [6.45, 7) is 1.41. The molecule has 1 aromatic carbocycles. The van der Waals surface area contributed by atoms with E-state index in [2.05, 4.69) is 15.4 Å². The maximum atomic E-state index is 13.2. The first kappa shape index (κ1) is 20.4. The van der Waals surface area contributed by atoms with Crippen molar-refractivity contribution < 1.29 is 31.9 Å². The molecule has 4 rings (SSSR count). The van der Waals surface area contributed by atoms with Crippen LogP contribution in [0.4, 0.5) is 13.2 Å². The zero-order chi connectivity index (χ0) is 22.2. The summed E-state index contributed by atoms with van der Waals surface area (Å²) in [5.41, 5.74) is -0.811. The predicted octanol–water partition coefficient (Wildman–Crippen LogP) is 3.60. The second-order valence-corrected chi connectivity index (χ2v) is 6.50. The number of aromatic nitrogens is 3. The van der Waals surface area contributed by atoms with Crippen LogP contribution in [0.1, 0.15) is 39.0 Å². The Morgan fingerprint density at radius 2 is 2.03 bits per heavy atom. The number of carbonyl (C=O) groups is 2. The van der Waals surface area contributed by atoms with E-state index < -0.39 is 23.6 Å². The van der Waals surface area contributed by atoms with Crippen molar-refractivity contribution in [3.05, 3.63) is 65.3 Å². The van der Waals surface area contributed by atoms with E-state index in [4.69, 9.17) is 9.15 Å². The van der Waals surface area contributed by atoms with Crippen LogP contribution in [0.15, 0.2) is 47.3 Å². The number of carbonyl (C=O) groups excluding carboxylic acids is 2. The van der Waals surface area contributed by atoms with Gasteiger partial charge in [0.1, 0.15) is 22.5 Å². The first-order chi connectivity index (χ1) is 14.8. The molecule has 0 fully saturated rings. The number of furan rings is 1. The molecule has 0 saturated heterocycles. The van der Waals surface area contributed by atoms with Crippen molar-refractivity contribution >= 4 is 28.5 Å². The minimum atomic E-state index is -4.66. The van der Waals surface area contributed by atoms with Crippen molar-refractivity contribution in [3.63, 3.8) is 0 Å². The summed E-state index contributed by atoms with van der Waals surface area (Å²) in [5, 5.41) is 6.70. The maximum Gasteiger partial charge on any atom is 0.416 e. The van der Waals surface area contributed by atoms with Crippen LogP contribution in [-0.4, -0.2) is 33.1 Å². The second-order valence-electron chi connectivity index (χ2n) is 6.50. The molecule has 0 atom stereocenters. The van der Waals surface area contributed by atoms with Gasteiger partial charge in [0.2, 0.25) is 0 Å². The first-order valence-electron chi connectivity index (χ1n) is 9.15. The lowest BCUT2D eigenvalue weighted by Gasteiger charge is -2.09. The van der Waals surface area contributed by atoms with E-state index in [1.807, 2.05) is 0 Å². The van der Waals surface area contributed by atoms with Gasteiger partial charge in [-0.15, -0.1) is 0 Å². The van der Waals surface area contributed by atoms with Crippen molar-refractivity contribution in [2.45, 2.75) is 19.6 Å². The number of amides is 1. The van der Waals surface area contributed by atoms with Gasteiger partial charge in [-0.1, -0.05) is 0 Å². The lowest BCUT2D eigenvalue weighted by Crippen LogP contribution is -2.22. The molecule has 0 radical (unpaired) electrons. The topological polar surface area (TPSA) is 98.7 Å². The lowest BCUT2D eigenvalue weighted by atomic mass is 10.1. The molecule has 0 saturated carbocycles. The number of fused-ring (bicyclic) bond motifs is 2. The van der Waals surface area contributed by atoms with Crippen molar-refractivity contribution in [2.75, 3.05) is 6.61 Å². The van der Waals surface area contributed by atoms with E-state index in [-0.39, 0.29) is 41.0 Å². The highest BCUT2D eigenvalue weighted by Gasteiger charge is 2.33. The molecule has 3 aromatic heterocycles. The molecule has 0 aliphatic heterocycles. The molecule has 11 heteroatoms. The molecule has 0 unspecified atom stereocenters.